The van der Waals surface area contributed by atoms with Gasteiger partial charge in [0.1, 0.15) is 0 Å². The highest BCUT2D eigenvalue weighted by molar-refractivity contribution is 5.93. The number of unbranched alkanes of at least 4 members (excludes halogenated alkanes) is 3. The zero-order valence-electron chi connectivity index (χ0n) is 16.9. The molecule has 0 aromatic carbocycles. The molecule has 0 aromatic rings. The molecule has 4 rings (SSSR count). The van der Waals surface area contributed by atoms with Gasteiger partial charge in [-0.05, 0) is 91.8 Å². The minimum atomic E-state index is -0.143. The van der Waals surface area contributed by atoms with Crippen molar-refractivity contribution < 1.29 is 15.0 Å². The van der Waals surface area contributed by atoms with Crippen LogP contribution in [0, 0.1) is 23.2 Å². The van der Waals surface area contributed by atoms with Crippen molar-refractivity contribution in [2.45, 2.75) is 90.1 Å². The lowest BCUT2D eigenvalue weighted by Gasteiger charge is -2.52. The van der Waals surface area contributed by atoms with E-state index < -0.39 is 0 Å². The van der Waals surface area contributed by atoms with Crippen LogP contribution in [0.25, 0.3) is 0 Å². The molecule has 0 amide bonds. The van der Waals surface area contributed by atoms with Crippen molar-refractivity contribution in [1.82, 2.24) is 0 Å². The maximum atomic E-state index is 12.0. The van der Waals surface area contributed by atoms with Crippen LogP contribution in [0.3, 0.4) is 0 Å². The number of allylic oxidation sites excluding steroid dienone is 4. The number of ketones is 1. The summed E-state index contributed by atoms with van der Waals surface area (Å²) in [7, 11) is 0. The minimum Gasteiger partial charge on any atom is -0.396 e. The van der Waals surface area contributed by atoms with Crippen LogP contribution in [0.5, 0.6) is 0 Å². The van der Waals surface area contributed by atoms with Gasteiger partial charge in [0.15, 0.2) is 5.78 Å². The molecule has 150 valence electrons. The summed E-state index contributed by atoms with van der Waals surface area (Å²) >= 11 is 0. The summed E-state index contributed by atoms with van der Waals surface area (Å²) in [6, 6.07) is 0. The van der Waals surface area contributed by atoms with Gasteiger partial charge in [0.25, 0.3) is 0 Å². The summed E-state index contributed by atoms with van der Waals surface area (Å²) in [5.41, 5.74) is 4.65. The van der Waals surface area contributed by atoms with Crippen molar-refractivity contribution in [2.24, 2.45) is 23.2 Å². The van der Waals surface area contributed by atoms with E-state index in [0.717, 1.165) is 38.5 Å². The number of fused-ring (bicyclic) bond motifs is 4. The van der Waals surface area contributed by atoms with Gasteiger partial charge in [-0.15, -0.1) is 0 Å². The van der Waals surface area contributed by atoms with Crippen molar-refractivity contribution >= 4 is 5.78 Å². The van der Waals surface area contributed by atoms with Gasteiger partial charge in [-0.25, -0.2) is 0 Å². The number of hydrogen-bond acceptors (Lipinski definition) is 3. The van der Waals surface area contributed by atoms with Gasteiger partial charge < -0.3 is 10.2 Å². The zero-order valence-corrected chi connectivity index (χ0v) is 16.9. The Morgan fingerprint density at radius 2 is 1.89 bits per heavy atom. The first-order chi connectivity index (χ1) is 13.0. The normalized spacial score (nSPS) is 38.3. The second kappa shape index (κ2) is 7.83. The zero-order chi connectivity index (χ0) is 19.0. The minimum absolute atomic E-state index is 0.0796. The Hall–Kier alpha value is -0.930. The molecule has 3 nitrogen and oxygen atoms in total. The number of aliphatic hydroxyl groups is 2. The monoisotopic (exact) mass is 372 g/mol. The third-order valence-electron chi connectivity index (χ3n) is 8.25. The lowest BCUT2D eigenvalue weighted by Crippen LogP contribution is -2.45. The van der Waals surface area contributed by atoms with Gasteiger partial charge >= 0.3 is 0 Å². The van der Waals surface area contributed by atoms with E-state index in [-0.39, 0.29) is 11.5 Å². The molecule has 0 heterocycles. The molecule has 0 saturated heterocycles. The van der Waals surface area contributed by atoms with Crippen molar-refractivity contribution in [2.75, 3.05) is 6.61 Å². The fraction of sp³-hybridized carbons (Fsp3) is 0.792. The fourth-order valence-electron chi connectivity index (χ4n) is 6.92. The van der Waals surface area contributed by atoms with Gasteiger partial charge in [-0.3, -0.25) is 4.79 Å². The molecule has 2 N–H and O–H groups in total. The van der Waals surface area contributed by atoms with E-state index in [9.17, 15) is 9.90 Å². The molecule has 0 spiro atoms. The lowest BCUT2D eigenvalue weighted by molar-refractivity contribution is -0.114. The van der Waals surface area contributed by atoms with Crippen molar-refractivity contribution in [1.29, 1.82) is 0 Å². The Balaban J connectivity index is 1.62. The summed E-state index contributed by atoms with van der Waals surface area (Å²) < 4.78 is 0. The molecule has 3 heteroatoms. The maximum absolute atomic E-state index is 12.0. The lowest BCUT2D eigenvalue weighted by atomic mass is 9.53. The number of carbonyl (C=O) groups is 1. The van der Waals surface area contributed by atoms with Crippen LogP contribution in [-0.2, 0) is 4.79 Å². The molecular formula is C24H36O3. The fourth-order valence-corrected chi connectivity index (χ4v) is 6.92. The quantitative estimate of drug-likeness (QED) is 0.663. The summed E-state index contributed by atoms with van der Waals surface area (Å²) in [5.74, 6) is 2.14. The van der Waals surface area contributed by atoms with Crippen molar-refractivity contribution in [3.05, 3.63) is 22.8 Å². The van der Waals surface area contributed by atoms with E-state index in [4.69, 9.17) is 5.11 Å². The Kier molecular flexibility index (Phi) is 5.62. The van der Waals surface area contributed by atoms with Crippen molar-refractivity contribution in [3.8, 4) is 0 Å². The number of aliphatic hydroxyl groups excluding tert-OH is 2. The molecular weight excluding hydrogens is 336 g/mol. The van der Waals surface area contributed by atoms with Crippen LogP contribution < -0.4 is 0 Å². The third kappa shape index (κ3) is 3.46. The topological polar surface area (TPSA) is 57.5 Å². The van der Waals surface area contributed by atoms with E-state index in [1.165, 1.54) is 43.3 Å². The standard InChI is InChI=1S/C24H36O3/c1-24-15-17(6-4-2-3-5-13-25)23-19-10-8-18(26)14-16(19)7-9-20(23)21(24)11-12-22(24)27/h14,17,20-22,25,27H,2-13,15H2,1H3/t17-,20-,21-,22-,24-/m0/s1. The summed E-state index contributed by atoms with van der Waals surface area (Å²) in [5, 5.41) is 19.8. The van der Waals surface area contributed by atoms with Gasteiger partial charge in [0.2, 0.25) is 0 Å². The predicted octanol–water partition coefficient (Wildman–Crippen LogP) is 4.72. The molecule has 0 radical (unpaired) electrons. The van der Waals surface area contributed by atoms with Gasteiger partial charge in [0.05, 0.1) is 6.10 Å². The highest BCUT2D eigenvalue weighted by Crippen LogP contribution is 2.62. The Bertz CT molecular complexity index is 646. The highest BCUT2D eigenvalue weighted by Gasteiger charge is 2.55. The van der Waals surface area contributed by atoms with Gasteiger partial charge in [0, 0.05) is 13.0 Å². The highest BCUT2D eigenvalue weighted by atomic mass is 16.3. The van der Waals surface area contributed by atoms with Crippen LogP contribution in [0.4, 0.5) is 0 Å². The van der Waals surface area contributed by atoms with E-state index in [1.807, 2.05) is 6.08 Å². The molecule has 0 aliphatic heterocycles. The molecule has 5 atom stereocenters. The second-order valence-electron chi connectivity index (χ2n) is 9.75. The third-order valence-corrected chi connectivity index (χ3v) is 8.25. The van der Waals surface area contributed by atoms with E-state index >= 15 is 0 Å². The number of hydrogen-bond donors (Lipinski definition) is 2. The first kappa shape index (κ1) is 19.4. The van der Waals surface area contributed by atoms with Gasteiger partial charge in [-0.1, -0.05) is 31.8 Å². The van der Waals surface area contributed by atoms with E-state index in [1.54, 1.807) is 5.57 Å². The Labute approximate surface area is 163 Å². The molecule has 2 fully saturated rings. The number of carbonyl (C=O) groups excluding carboxylic acids is 1. The molecule has 4 aliphatic carbocycles. The first-order valence-electron chi connectivity index (χ1n) is 11.3. The molecule has 0 unspecified atom stereocenters. The Morgan fingerprint density at radius 1 is 1.07 bits per heavy atom. The SMILES string of the molecule is C[C@]12C[C@H](CCCCCCO)C3=C4CCC(=O)C=C4CC[C@H]3[C@@H]1CC[C@@H]2O. The largest absolute Gasteiger partial charge is 0.396 e. The average Bonchev–Trinajstić information content (AvgIpc) is 2.95. The maximum Gasteiger partial charge on any atom is 0.156 e. The summed E-state index contributed by atoms with van der Waals surface area (Å²) in [6.45, 7) is 2.65. The molecule has 2 saturated carbocycles. The molecule has 0 aromatic heterocycles. The molecule has 4 aliphatic rings. The molecule has 0 bridgehead atoms. The average molecular weight is 373 g/mol. The van der Waals surface area contributed by atoms with Crippen molar-refractivity contribution in [3.63, 3.8) is 0 Å². The molecule has 27 heavy (non-hydrogen) atoms. The predicted molar refractivity (Wildman–Crippen MR) is 107 cm³/mol. The first-order valence-corrected chi connectivity index (χ1v) is 11.3. The van der Waals surface area contributed by atoms with Crippen LogP contribution in [-0.4, -0.2) is 28.7 Å². The van der Waals surface area contributed by atoms with Crippen LogP contribution in [0.15, 0.2) is 22.8 Å². The number of rotatable bonds is 6. The summed E-state index contributed by atoms with van der Waals surface area (Å²) in [6.07, 6.45) is 14.5. The second-order valence-corrected chi connectivity index (χ2v) is 9.75. The Morgan fingerprint density at radius 3 is 2.70 bits per heavy atom. The van der Waals surface area contributed by atoms with Crippen LogP contribution >= 0.6 is 0 Å². The van der Waals surface area contributed by atoms with E-state index in [2.05, 4.69) is 6.92 Å². The smallest absolute Gasteiger partial charge is 0.156 e. The van der Waals surface area contributed by atoms with Crippen LogP contribution in [0.1, 0.15) is 84.0 Å². The van der Waals surface area contributed by atoms with Gasteiger partial charge in [-0.2, -0.15) is 0 Å². The summed E-state index contributed by atoms with van der Waals surface area (Å²) in [4.78, 5) is 12.0. The van der Waals surface area contributed by atoms with E-state index in [0.29, 0.717) is 36.6 Å². The van der Waals surface area contributed by atoms with Crippen LogP contribution in [0.2, 0.25) is 0 Å².